The highest BCUT2D eigenvalue weighted by Crippen LogP contribution is 2.22. The molecule has 1 amide bonds. The number of amides is 1. The lowest BCUT2D eigenvalue weighted by molar-refractivity contribution is -0.127. The van der Waals surface area contributed by atoms with Crippen molar-refractivity contribution in [2.75, 3.05) is 6.54 Å². The van der Waals surface area contributed by atoms with E-state index in [0.717, 1.165) is 17.5 Å². The van der Waals surface area contributed by atoms with Gasteiger partial charge < -0.3 is 10.1 Å². The molecule has 0 spiro atoms. The van der Waals surface area contributed by atoms with E-state index in [-0.39, 0.29) is 5.91 Å². The third-order valence-corrected chi connectivity index (χ3v) is 4.20. The lowest BCUT2D eigenvalue weighted by Gasteiger charge is -2.15. The molecule has 0 aliphatic rings. The number of hydrogen-bond donors (Lipinski definition) is 1. The highest BCUT2D eigenvalue weighted by Gasteiger charge is 2.14. The highest BCUT2D eigenvalue weighted by molar-refractivity contribution is 5.80. The first-order chi connectivity index (χ1) is 12.7. The van der Waals surface area contributed by atoms with Gasteiger partial charge in [0.05, 0.1) is 0 Å². The Balaban J connectivity index is 1.49. The highest BCUT2D eigenvalue weighted by atomic mass is 16.5. The summed E-state index contributed by atoms with van der Waals surface area (Å²) in [6.07, 6.45) is 0.277. The predicted molar refractivity (Wildman–Crippen MR) is 105 cm³/mol. The minimum Gasteiger partial charge on any atom is -0.481 e. The molecule has 0 heterocycles. The quantitative estimate of drug-likeness (QED) is 0.686. The van der Waals surface area contributed by atoms with Crippen LogP contribution in [-0.2, 0) is 11.2 Å². The van der Waals surface area contributed by atoms with Crippen LogP contribution < -0.4 is 10.1 Å². The summed E-state index contributed by atoms with van der Waals surface area (Å²) in [6.45, 7) is 2.37. The Morgan fingerprint density at radius 1 is 0.846 bits per heavy atom. The first-order valence-electron chi connectivity index (χ1n) is 8.86. The summed E-state index contributed by atoms with van der Waals surface area (Å²) in [5.41, 5.74) is 3.49. The molecule has 0 unspecified atom stereocenters. The van der Waals surface area contributed by atoms with Gasteiger partial charge in [-0.05, 0) is 42.2 Å². The zero-order chi connectivity index (χ0) is 18.2. The maximum atomic E-state index is 12.2. The Kier molecular flexibility index (Phi) is 6.05. The third-order valence-electron chi connectivity index (χ3n) is 4.20. The van der Waals surface area contributed by atoms with E-state index in [2.05, 4.69) is 29.6 Å². The van der Waals surface area contributed by atoms with Crippen molar-refractivity contribution in [3.05, 3.63) is 90.5 Å². The normalized spacial score (nSPS) is 11.6. The average Bonchev–Trinajstić information content (AvgIpc) is 2.70. The molecule has 1 N–H and O–H groups in total. The van der Waals surface area contributed by atoms with E-state index in [9.17, 15) is 4.79 Å². The SMILES string of the molecule is C[C@H](Oc1ccc(-c2ccccc2)cc1)C(=O)NCCc1ccccc1. The van der Waals surface area contributed by atoms with Crippen molar-refractivity contribution in [3.63, 3.8) is 0 Å². The van der Waals surface area contributed by atoms with Gasteiger partial charge in [-0.3, -0.25) is 4.79 Å². The van der Waals surface area contributed by atoms with Crippen LogP contribution in [0.4, 0.5) is 0 Å². The summed E-state index contributed by atoms with van der Waals surface area (Å²) < 4.78 is 5.76. The number of carbonyl (C=O) groups is 1. The number of ether oxygens (including phenoxy) is 1. The molecule has 132 valence electrons. The second-order valence-corrected chi connectivity index (χ2v) is 6.18. The Hall–Kier alpha value is -3.07. The summed E-state index contributed by atoms with van der Waals surface area (Å²) >= 11 is 0. The molecule has 3 aromatic rings. The molecular formula is C23H23NO2. The predicted octanol–water partition coefficient (Wildman–Crippen LogP) is 4.48. The van der Waals surface area contributed by atoms with E-state index in [1.54, 1.807) is 6.92 Å². The van der Waals surface area contributed by atoms with Gasteiger partial charge in [-0.15, -0.1) is 0 Å². The molecular weight excluding hydrogens is 322 g/mol. The fraction of sp³-hybridized carbons (Fsp3) is 0.174. The Bertz CT molecular complexity index is 814. The van der Waals surface area contributed by atoms with Crippen LogP contribution >= 0.6 is 0 Å². The maximum absolute atomic E-state index is 12.2. The summed E-state index contributed by atoms with van der Waals surface area (Å²) in [5, 5.41) is 2.92. The first-order valence-corrected chi connectivity index (χ1v) is 8.86. The summed E-state index contributed by atoms with van der Waals surface area (Å²) in [7, 11) is 0. The lowest BCUT2D eigenvalue weighted by Crippen LogP contribution is -2.37. The average molecular weight is 345 g/mol. The molecule has 0 aromatic heterocycles. The fourth-order valence-electron chi connectivity index (χ4n) is 2.73. The van der Waals surface area contributed by atoms with E-state index < -0.39 is 6.10 Å². The molecule has 3 aromatic carbocycles. The van der Waals surface area contributed by atoms with Crippen LogP contribution in [0.15, 0.2) is 84.9 Å². The standard InChI is InChI=1S/C23H23NO2/c1-18(23(25)24-17-16-19-8-4-2-5-9-19)26-22-14-12-21(13-15-22)20-10-6-3-7-11-20/h2-15,18H,16-17H2,1H3,(H,24,25)/t18-/m0/s1. The second-order valence-electron chi connectivity index (χ2n) is 6.18. The first kappa shape index (κ1) is 17.7. The molecule has 26 heavy (non-hydrogen) atoms. The van der Waals surface area contributed by atoms with Gasteiger partial charge in [0.2, 0.25) is 0 Å². The largest absolute Gasteiger partial charge is 0.481 e. The van der Waals surface area contributed by atoms with Crippen molar-refractivity contribution in [3.8, 4) is 16.9 Å². The summed E-state index contributed by atoms with van der Waals surface area (Å²) in [6, 6.07) is 28.1. The molecule has 0 aliphatic heterocycles. The molecule has 0 aliphatic carbocycles. The molecule has 0 bridgehead atoms. The van der Waals surface area contributed by atoms with Gasteiger partial charge in [0.25, 0.3) is 5.91 Å². The number of carbonyl (C=O) groups excluding carboxylic acids is 1. The maximum Gasteiger partial charge on any atom is 0.260 e. The van der Waals surface area contributed by atoms with Crippen molar-refractivity contribution >= 4 is 5.91 Å². The molecule has 0 fully saturated rings. The van der Waals surface area contributed by atoms with Crippen LogP contribution in [0.3, 0.4) is 0 Å². The van der Waals surface area contributed by atoms with Gasteiger partial charge in [0.1, 0.15) is 5.75 Å². The number of rotatable bonds is 7. The Morgan fingerprint density at radius 2 is 1.42 bits per heavy atom. The number of nitrogens with one attached hydrogen (secondary N) is 1. The van der Waals surface area contributed by atoms with Gasteiger partial charge in [0, 0.05) is 6.54 Å². The second kappa shape index (κ2) is 8.86. The molecule has 0 saturated carbocycles. The Morgan fingerprint density at radius 3 is 2.08 bits per heavy atom. The molecule has 3 heteroatoms. The molecule has 0 radical (unpaired) electrons. The van der Waals surface area contributed by atoms with Crippen LogP contribution in [0.5, 0.6) is 5.75 Å². The van der Waals surface area contributed by atoms with Crippen molar-refractivity contribution in [1.29, 1.82) is 0 Å². The Labute approximate surface area is 154 Å². The van der Waals surface area contributed by atoms with Crippen molar-refractivity contribution in [1.82, 2.24) is 5.32 Å². The number of benzene rings is 3. The minimum atomic E-state index is -0.534. The smallest absolute Gasteiger partial charge is 0.260 e. The molecule has 3 nitrogen and oxygen atoms in total. The van der Waals surface area contributed by atoms with Crippen molar-refractivity contribution in [2.45, 2.75) is 19.4 Å². The minimum absolute atomic E-state index is 0.104. The van der Waals surface area contributed by atoms with E-state index in [1.165, 1.54) is 5.56 Å². The van der Waals surface area contributed by atoms with Crippen molar-refractivity contribution in [2.24, 2.45) is 0 Å². The van der Waals surface area contributed by atoms with Crippen LogP contribution in [0.2, 0.25) is 0 Å². The van der Waals surface area contributed by atoms with E-state index in [0.29, 0.717) is 12.3 Å². The monoisotopic (exact) mass is 345 g/mol. The zero-order valence-electron chi connectivity index (χ0n) is 14.9. The van der Waals surface area contributed by atoms with E-state index >= 15 is 0 Å². The van der Waals surface area contributed by atoms with Gasteiger partial charge in [-0.1, -0.05) is 72.8 Å². The molecule has 3 rings (SSSR count). The van der Waals surface area contributed by atoms with Crippen LogP contribution in [-0.4, -0.2) is 18.6 Å². The number of hydrogen-bond acceptors (Lipinski definition) is 2. The van der Waals surface area contributed by atoms with E-state index in [1.807, 2.05) is 60.7 Å². The van der Waals surface area contributed by atoms with Gasteiger partial charge in [-0.25, -0.2) is 0 Å². The summed E-state index contributed by atoms with van der Waals surface area (Å²) in [4.78, 5) is 12.2. The summed E-state index contributed by atoms with van der Waals surface area (Å²) in [5.74, 6) is 0.587. The molecule has 0 saturated heterocycles. The van der Waals surface area contributed by atoms with Gasteiger partial charge in [-0.2, -0.15) is 0 Å². The molecule has 1 atom stereocenters. The lowest BCUT2D eigenvalue weighted by atomic mass is 10.1. The van der Waals surface area contributed by atoms with Crippen LogP contribution in [0, 0.1) is 0 Å². The third kappa shape index (κ3) is 4.96. The van der Waals surface area contributed by atoms with Crippen molar-refractivity contribution < 1.29 is 9.53 Å². The van der Waals surface area contributed by atoms with Crippen LogP contribution in [0.1, 0.15) is 12.5 Å². The topological polar surface area (TPSA) is 38.3 Å². The fourth-order valence-corrected chi connectivity index (χ4v) is 2.73. The van der Waals surface area contributed by atoms with Gasteiger partial charge >= 0.3 is 0 Å². The van der Waals surface area contributed by atoms with Crippen LogP contribution in [0.25, 0.3) is 11.1 Å². The van der Waals surface area contributed by atoms with E-state index in [4.69, 9.17) is 4.74 Å². The van der Waals surface area contributed by atoms with Gasteiger partial charge in [0.15, 0.2) is 6.10 Å². The zero-order valence-corrected chi connectivity index (χ0v) is 14.9.